The number of fused-ring (bicyclic) bond motifs is 1. The van der Waals surface area contributed by atoms with Crippen molar-refractivity contribution in [2.24, 2.45) is 12.8 Å². The average molecular weight is 518 g/mol. The van der Waals surface area contributed by atoms with Gasteiger partial charge in [0.05, 0.1) is 24.9 Å². The molecule has 3 aromatic heterocycles. The third-order valence-electron chi connectivity index (χ3n) is 7.34. The second-order valence-electron chi connectivity index (χ2n) is 10.00. The van der Waals surface area contributed by atoms with Crippen LogP contribution in [0.1, 0.15) is 24.0 Å². The number of nitrogens with one attached hydrogen (secondary N) is 1. The summed E-state index contributed by atoms with van der Waals surface area (Å²) < 4.78 is 9.10. The molecule has 11 heteroatoms. The fourth-order valence-electron chi connectivity index (χ4n) is 5.34. The molecule has 0 spiro atoms. The molecule has 1 aliphatic rings. The largest absolute Gasteiger partial charge is 0.478 e. The van der Waals surface area contributed by atoms with Crippen molar-refractivity contribution >= 4 is 28.4 Å². The first kappa shape index (κ1) is 25.7. The van der Waals surface area contributed by atoms with E-state index in [-0.39, 0.29) is 11.8 Å². The van der Waals surface area contributed by atoms with E-state index < -0.39 is 6.04 Å². The van der Waals surface area contributed by atoms with Crippen molar-refractivity contribution in [1.82, 2.24) is 34.1 Å². The van der Waals surface area contributed by atoms with Gasteiger partial charge in [0.25, 0.3) is 5.88 Å². The Labute approximate surface area is 222 Å². The Balaban J connectivity index is 1.55. The lowest BCUT2D eigenvalue weighted by Gasteiger charge is -2.39. The van der Waals surface area contributed by atoms with Gasteiger partial charge in [-0.25, -0.2) is 4.98 Å². The van der Waals surface area contributed by atoms with Crippen LogP contribution in [-0.4, -0.2) is 86.4 Å². The van der Waals surface area contributed by atoms with E-state index in [1.54, 1.807) is 18.0 Å². The maximum absolute atomic E-state index is 12.8. The molecule has 4 heterocycles. The van der Waals surface area contributed by atoms with Crippen molar-refractivity contribution in [3.8, 4) is 11.7 Å². The minimum absolute atomic E-state index is 0.118. The number of hydrogen-bond donors (Lipinski definition) is 2. The van der Waals surface area contributed by atoms with Crippen LogP contribution >= 0.6 is 0 Å². The van der Waals surface area contributed by atoms with Crippen molar-refractivity contribution in [2.45, 2.75) is 25.8 Å². The summed E-state index contributed by atoms with van der Waals surface area (Å²) in [6.45, 7) is 7.52. The first-order valence-corrected chi connectivity index (χ1v) is 12.8. The van der Waals surface area contributed by atoms with Crippen LogP contribution in [0.3, 0.4) is 0 Å². The number of ether oxygens (including phenoxy) is 1. The van der Waals surface area contributed by atoms with Gasteiger partial charge in [0, 0.05) is 62.5 Å². The number of primary amides is 1. The topological polar surface area (TPSA) is 119 Å². The monoisotopic (exact) mass is 517 g/mol. The lowest BCUT2D eigenvalue weighted by atomic mass is 9.89. The van der Waals surface area contributed by atoms with E-state index in [0.717, 1.165) is 54.0 Å². The number of aryl methyl sites for hydroxylation is 2. The number of carbonyl (C=O) groups excluding carboxylic acids is 1. The van der Waals surface area contributed by atoms with Crippen LogP contribution in [0.2, 0.25) is 0 Å². The predicted octanol–water partition coefficient (Wildman–Crippen LogP) is 2.42. The molecule has 2 unspecified atom stereocenters. The number of piperazine rings is 1. The van der Waals surface area contributed by atoms with E-state index in [4.69, 9.17) is 15.5 Å². The third-order valence-corrected chi connectivity index (χ3v) is 7.34. The minimum atomic E-state index is -0.403. The van der Waals surface area contributed by atoms with Crippen molar-refractivity contribution in [3.05, 3.63) is 54.0 Å². The summed E-state index contributed by atoms with van der Waals surface area (Å²) in [4.78, 5) is 26.6. The van der Waals surface area contributed by atoms with E-state index in [1.807, 2.05) is 32.4 Å². The number of hydrogen-bond acceptors (Lipinski definition) is 8. The number of methoxy groups -OCH3 is 1. The molecule has 38 heavy (non-hydrogen) atoms. The Bertz CT molecular complexity index is 1450. The van der Waals surface area contributed by atoms with Gasteiger partial charge in [0.15, 0.2) is 0 Å². The molecular formula is C27H35N9O2. The van der Waals surface area contributed by atoms with Gasteiger partial charge in [0.2, 0.25) is 11.9 Å². The van der Waals surface area contributed by atoms with Crippen molar-refractivity contribution in [3.63, 3.8) is 0 Å². The van der Waals surface area contributed by atoms with E-state index in [1.165, 1.54) is 0 Å². The molecule has 1 aliphatic heterocycles. The summed E-state index contributed by atoms with van der Waals surface area (Å²) >= 11 is 0. The quantitative estimate of drug-likeness (QED) is 0.366. The molecule has 0 aliphatic carbocycles. The highest BCUT2D eigenvalue weighted by Crippen LogP contribution is 2.33. The molecule has 2 atom stereocenters. The second kappa shape index (κ2) is 10.4. The zero-order valence-corrected chi connectivity index (χ0v) is 22.5. The van der Waals surface area contributed by atoms with Gasteiger partial charge in [-0.2, -0.15) is 4.98 Å². The number of amides is 1. The number of carbonyl (C=O) groups is 1. The van der Waals surface area contributed by atoms with Crippen LogP contribution in [-0.2, 0) is 11.8 Å². The molecule has 1 aromatic carbocycles. The van der Waals surface area contributed by atoms with Crippen LogP contribution in [0.25, 0.3) is 16.7 Å². The van der Waals surface area contributed by atoms with Crippen LogP contribution < -0.4 is 15.8 Å². The molecule has 1 amide bonds. The molecule has 0 radical (unpaired) electrons. The molecule has 200 valence electrons. The molecule has 11 nitrogen and oxygen atoms in total. The third kappa shape index (κ3) is 4.82. The van der Waals surface area contributed by atoms with Crippen LogP contribution in [0.4, 0.5) is 11.6 Å². The van der Waals surface area contributed by atoms with Gasteiger partial charge < -0.3 is 25.3 Å². The van der Waals surface area contributed by atoms with Gasteiger partial charge in [-0.15, -0.1) is 5.10 Å². The van der Waals surface area contributed by atoms with Crippen molar-refractivity contribution < 1.29 is 9.53 Å². The summed E-state index contributed by atoms with van der Waals surface area (Å²) in [7, 11) is 5.50. The maximum Gasteiger partial charge on any atom is 0.256 e. The number of nitrogens with zero attached hydrogens (tertiary/aromatic N) is 7. The Morgan fingerprint density at radius 2 is 1.92 bits per heavy atom. The molecule has 0 bridgehead atoms. The Hall–Kier alpha value is -3.96. The number of likely N-dealkylation sites (N-methyl/N-ethyl adjacent to an activating group) is 1. The SMILES string of the molecule is COc1nn(C)cc1Nc1ncc(C)c(-n2ccc3cccc(C(C)C(C(N)=O)N4CCN(C)CC4)c32)n1. The van der Waals surface area contributed by atoms with Crippen LogP contribution in [0, 0.1) is 6.92 Å². The van der Waals surface area contributed by atoms with Gasteiger partial charge in [-0.1, -0.05) is 25.1 Å². The number of para-hydroxylation sites is 1. The lowest BCUT2D eigenvalue weighted by Crippen LogP contribution is -2.55. The maximum atomic E-state index is 12.8. The first-order chi connectivity index (χ1) is 18.3. The summed E-state index contributed by atoms with van der Waals surface area (Å²) in [5.74, 6) is 1.22. The van der Waals surface area contributed by atoms with Crippen molar-refractivity contribution in [1.29, 1.82) is 0 Å². The Morgan fingerprint density at radius 1 is 1.16 bits per heavy atom. The molecule has 1 saturated heterocycles. The van der Waals surface area contributed by atoms with Crippen LogP contribution in [0.15, 0.2) is 42.9 Å². The number of anilines is 2. The zero-order chi connectivity index (χ0) is 27.0. The smallest absolute Gasteiger partial charge is 0.256 e. The Kier molecular flexibility index (Phi) is 7.04. The van der Waals surface area contributed by atoms with E-state index in [9.17, 15) is 4.79 Å². The first-order valence-electron chi connectivity index (χ1n) is 12.8. The van der Waals surface area contributed by atoms with Gasteiger partial charge in [-0.05, 0) is 25.6 Å². The fraction of sp³-hybridized carbons (Fsp3) is 0.407. The van der Waals surface area contributed by atoms with Crippen molar-refractivity contribution in [2.75, 3.05) is 45.7 Å². The number of aromatic nitrogens is 5. The number of rotatable bonds is 8. The lowest BCUT2D eigenvalue weighted by molar-refractivity contribution is -0.124. The molecular weight excluding hydrogens is 482 g/mol. The highest BCUT2D eigenvalue weighted by Gasteiger charge is 2.33. The fourth-order valence-corrected chi connectivity index (χ4v) is 5.34. The highest BCUT2D eigenvalue weighted by molar-refractivity contribution is 5.88. The Morgan fingerprint density at radius 3 is 2.63 bits per heavy atom. The minimum Gasteiger partial charge on any atom is -0.478 e. The molecule has 0 saturated carbocycles. The summed E-state index contributed by atoms with van der Waals surface area (Å²) in [6, 6.07) is 7.87. The highest BCUT2D eigenvalue weighted by atomic mass is 16.5. The molecule has 3 N–H and O–H groups in total. The number of nitrogens with two attached hydrogens (primary N) is 1. The van der Waals surface area contributed by atoms with E-state index >= 15 is 0 Å². The average Bonchev–Trinajstić information content (AvgIpc) is 3.49. The zero-order valence-electron chi connectivity index (χ0n) is 22.5. The van der Waals surface area contributed by atoms with Gasteiger partial charge >= 0.3 is 0 Å². The molecule has 5 rings (SSSR count). The van der Waals surface area contributed by atoms with Gasteiger partial charge in [-0.3, -0.25) is 14.4 Å². The number of benzene rings is 1. The van der Waals surface area contributed by atoms with E-state index in [0.29, 0.717) is 17.5 Å². The molecule has 4 aromatic rings. The van der Waals surface area contributed by atoms with E-state index in [2.05, 4.69) is 61.9 Å². The second-order valence-corrected chi connectivity index (χ2v) is 10.00. The normalized spacial score (nSPS) is 16.4. The van der Waals surface area contributed by atoms with Gasteiger partial charge in [0.1, 0.15) is 11.5 Å². The standard InChI is InChI=1S/C27H35N9O2/c1-17-15-29-27(30-21-16-34(4)32-26(21)38-5)31-25(17)36-10-9-19-7-6-8-20(23(19)36)18(2)22(24(28)37)35-13-11-33(3)12-14-35/h6-10,15-16,18,22H,11-14H2,1-5H3,(H2,28,37)(H,29,30,31). The molecule has 1 fully saturated rings. The summed E-state index contributed by atoms with van der Waals surface area (Å²) in [5.41, 5.74) is 9.65. The summed E-state index contributed by atoms with van der Waals surface area (Å²) in [5, 5.41) is 8.58. The summed E-state index contributed by atoms with van der Waals surface area (Å²) in [6.07, 6.45) is 5.62. The van der Waals surface area contributed by atoms with Crippen LogP contribution in [0.5, 0.6) is 5.88 Å². The predicted molar refractivity (Wildman–Crippen MR) is 147 cm³/mol.